The number of hydrogen-bond donors (Lipinski definition) is 2. The van der Waals surface area contributed by atoms with Crippen molar-refractivity contribution < 1.29 is 9.90 Å². The van der Waals surface area contributed by atoms with Crippen LogP contribution in [-0.2, 0) is 0 Å². The minimum absolute atomic E-state index is 0. The third-order valence-electron chi connectivity index (χ3n) is 3.04. The van der Waals surface area contributed by atoms with Crippen LogP contribution in [-0.4, -0.2) is 33.7 Å². The van der Waals surface area contributed by atoms with Crippen LogP contribution in [0.15, 0.2) is 0 Å². The Labute approximate surface area is 104 Å². The van der Waals surface area contributed by atoms with Crippen molar-refractivity contribution in [1.82, 2.24) is 4.90 Å². The second kappa shape index (κ2) is 5.73. The Morgan fingerprint density at radius 2 is 1.69 bits per heavy atom. The Kier molecular flexibility index (Phi) is 5.56. The third-order valence-corrected chi connectivity index (χ3v) is 3.04. The summed E-state index contributed by atoms with van der Waals surface area (Å²) in [4.78, 5) is 12.8. The Morgan fingerprint density at radius 3 is 2.00 bits per heavy atom. The van der Waals surface area contributed by atoms with Gasteiger partial charge >= 0.3 is 6.09 Å². The van der Waals surface area contributed by atoms with Gasteiger partial charge in [0.25, 0.3) is 0 Å². The molecule has 4 nitrogen and oxygen atoms in total. The first-order valence-corrected chi connectivity index (χ1v) is 5.60. The van der Waals surface area contributed by atoms with Crippen molar-refractivity contribution in [3.8, 4) is 0 Å². The van der Waals surface area contributed by atoms with Gasteiger partial charge in [-0.3, -0.25) is 0 Å². The molecule has 1 rings (SSSR count). The van der Waals surface area contributed by atoms with E-state index in [2.05, 4.69) is 0 Å². The van der Waals surface area contributed by atoms with E-state index in [1.807, 2.05) is 20.8 Å². The van der Waals surface area contributed by atoms with Gasteiger partial charge in [0.1, 0.15) is 0 Å². The lowest BCUT2D eigenvalue weighted by molar-refractivity contribution is 0.0549. The first-order valence-electron chi connectivity index (χ1n) is 5.60. The normalized spacial score (nSPS) is 25.8. The smallest absolute Gasteiger partial charge is 0.407 e. The second-order valence-electron chi connectivity index (χ2n) is 5.39. The van der Waals surface area contributed by atoms with Crippen LogP contribution < -0.4 is 5.73 Å². The van der Waals surface area contributed by atoms with Crippen molar-refractivity contribution in [2.45, 2.75) is 64.1 Å². The molecule has 0 unspecified atom stereocenters. The Balaban J connectivity index is 0.00000225. The summed E-state index contributed by atoms with van der Waals surface area (Å²) in [6.07, 6.45) is 2.84. The van der Waals surface area contributed by atoms with Crippen molar-refractivity contribution in [2.75, 3.05) is 0 Å². The molecule has 0 saturated heterocycles. The van der Waals surface area contributed by atoms with Crippen LogP contribution in [0.4, 0.5) is 4.79 Å². The molecule has 0 spiro atoms. The number of rotatable bonds is 1. The molecule has 1 fully saturated rings. The highest BCUT2D eigenvalue weighted by atomic mass is 35.5. The van der Waals surface area contributed by atoms with Crippen LogP contribution in [0, 0.1) is 0 Å². The number of carboxylic acid groups (broad SMARTS) is 1. The highest BCUT2D eigenvalue weighted by molar-refractivity contribution is 5.85. The van der Waals surface area contributed by atoms with E-state index in [-0.39, 0.29) is 30.0 Å². The van der Waals surface area contributed by atoms with E-state index in [1.165, 1.54) is 0 Å². The molecule has 1 saturated carbocycles. The van der Waals surface area contributed by atoms with Gasteiger partial charge in [0, 0.05) is 17.6 Å². The van der Waals surface area contributed by atoms with E-state index < -0.39 is 6.09 Å². The predicted molar refractivity (Wildman–Crippen MR) is 67.1 cm³/mol. The number of halogens is 1. The molecule has 0 heterocycles. The summed E-state index contributed by atoms with van der Waals surface area (Å²) in [6, 6.07) is 0.402. The summed E-state index contributed by atoms with van der Waals surface area (Å²) >= 11 is 0. The number of nitrogens with zero attached hydrogens (tertiary/aromatic N) is 1. The van der Waals surface area contributed by atoms with Gasteiger partial charge in [-0.1, -0.05) is 0 Å². The fourth-order valence-corrected chi connectivity index (χ4v) is 2.35. The minimum Gasteiger partial charge on any atom is -0.465 e. The molecule has 1 amide bonds. The lowest BCUT2D eigenvalue weighted by Gasteiger charge is -2.42. The van der Waals surface area contributed by atoms with Crippen LogP contribution in [0.5, 0.6) is 0 Å². The van der Waals surface area contributed by atoms with Gasteiger partial charge in [0.2, 0.25) is 0 Å². The molecule has 5 heteroatoms. The maximum absolute atomic E-state index is 11.2. The van der Waals surface area contributed by atoms with Crippen LogP contribution in [0.1, 0.15) is 46.5 Å². The quantitative estimate of drug-likeness (QED) is 0.751. The number of nitrogens with two attached hydrogens (primary N) is 1. The standard InChI is InChI=1S/C11H22N2O2.ClH/c1-11(2,3)13(10(14)15)9-6-4-8(12)5-7-9;/h8-9H,4-7,12H2,1-3H3,(H,14,15);1H. The summed E-state index contributed by atoms with van der Waals surface area (Å²) in [5, 5.41) is 9.22. The highest BCUT2D eigenvalue weighted by Gasteiger charge is 2.34. The van der Waals surface area contributed by atoms with Crippen molar-refractivity contribution in [3.05, 3.63) is 0 Å². The van der Waals surface area contributed by atoms with Crippen LogP contribution in [0.2, 0.25) is 0 Å². The largest absolute Gasteiger partial charge is 0.465 e. The summed E-state index contributed by atoms with van der Waals surface area (Å²) < 4.78 is 0. The maximum atomic E-state index is 11.2. The fraction of sp³-hybridized carbons (Fsp3) is 0.909. The molecular weight excluding hydrogens is 228 g/mol. The number of carbonyl (C=O) groups is 1. The van der Waals surface area contributed by atoms with Crippen molar-refractivity contribution in [3.63, 3.8) is 0 Å². The van der Waals surface area contributed by atoms with E-state index in [9.17, 15) is 9.90 Å². The van der Waals surface area contributed by atoms with E-state index in [4.69, 9.17) is 5.73 Å². The second-order valence-corrected chi connectivity index (χ2v) is 5.39. The number of hydrogen-bond acceptors (Lipinski definition) is 2. The molecule has 3 N–H and O–H groups in total. The minimum atomic E-state index is -0.817. The lowest BCUT2D eigenvalue weighted by Crippen LogP contribution is -2.52. The highest BCUT2D eigenvalue weighted by Crippen LogP contribution is 2.27. The molecule has 0 aromatic rings. The molecule has 1 aliphatic carbocycles. The summed E-state index contributed by atoms with van der Waals surface area (Å²) in [6.45, 7) is 5.82. The fourth-order valence-electron chi connectivity index (χ4n) is 2.35. The van der Waals surface area contributed by atoms with Gasteiger partial charge < -0.3 is 15.7 Å². The molecule has 0 radical (unpaired) electrons. The first-order chi connectivity index (χ1) is 6.82. The van der Waals surface area contributed by atoms with Gasteiger partial charge in [-0.2, -0.15) is 0 Å². The molecule has 0 atom stereocenters. The van der Waals surface area contributed by atoms with Crippen molar-refractivity contribution in [1.29, 1.82) is 0 Å². The van der Waals surface area contributed by atoms with Gasteiger partial charge in [0.05, 0.1) is 0 Å². The molecule has 0 aromatic heterocycles. The topological polar surface area (TPSA) is 66.6 Å². The van der Waals surface area contributed by atoms with Crippen molar-refractivity contribution >= 4 is 18.5 Å². The average Bonchev–Trinajstić information content (AvgIpc) is 2.05. The van der Waals surface area contributed by atoms with Gasteiger partial charge in [-0.25, -0.2) is 4.79 Å². The molecule has 0 bridgehead atoms. The average molecular weight is 251 g/mol. The van der Waals surface area contributed by atoms with Crippen LogP contribution >= 0.6 is 12.4 Å². The summed E-state index contributed by atoms with van der Waals surface area (Å²) in [5.74, 6) is 0. The third kappa shape index (κ3) is 3.83. The lowest BCUT2D eigenvalue weighted by atomic mass is 9.88. The predicted octanol–water partition coefficient (Wildman–Crippen LogP) is 2.46. The van der Waals surface area contributed by atoms with Gasteiger partial charge in [-0.05, 0) is 46.5 Å². The van der Waals surface area contributed by atoms with E-state index in [1.54, 1.807) is 4.90 Å². The summed E-state index contributed by atoms with van der Waals surface area (Å²) in [5.41, 5.74) is 5.49. The molecular formula is C11H23ClN2O2. The zero-order valence-electron chi connectivity index (χ0n) is 10.3. The monoisotopic (exact) mass is 250 g/mol. The molecule has 16 heavy (non-hydrogen) atoms. The molecule has 96 valence electrons. The van der Waals surface area contributed by atoms with Gasteiger partial charge in [0.15, 0.2) is 0 Å². The Morgan fingerprint density at radius 1 is 1.25 bits per heavy atom. The zero-order valence-corrected chi connectivity index (χ0v) is 11.1. The maximum Gasteiger partial charge on any atom is 0.407 e. The Bertz CT molecular complexity index is 233. The molecule has 0 aliphatic heterocycles. The van der Waals surface area contributed by atoms with Gasteiger partial charge in [-0.15, -0.1) is 12.4 Å². The SMILES string of the molecule is CC(C)(C)N(C(=O)O)C1CCC(N)CC1.Cl. The summed E-state index contributed by atoms with van der Waals surface area (Å²) in [7, 11) is 0. The molecule has 1 aliphatic rings. The zero-order chi connectivity index (χ0) is 11.6. The van der Waals surface area contributed by atoms with Crippen molar-refractivity contribution in [2.24, 2.45) is 5.73 Å². The molecule has 0 aromatic carbocycles. The van der Waals surface area contributed by atoms with Crippen LogP contribution in [0.25, 0.3) is 0 Å². The van der Waals surface area contributed by atoms with Crippen LogP contribution in [0.3, 0.4) is 0 Å². The van der Waals surface area contributed by atoms with E-state index >= 15 is 0 Å². The number of amides is 1. The first kappa shape index (κ1) is 15.5. The van der Waals surface area contributed by atoms with E-state index in [0.717, 1.165) is 25.7 Å². The Hall–Kier alpha value is -0.480. The van der Waals surface area contributed by atoms with E-state index in [0.29, 0.717) is 0 Å².